The summed E-state index contributed by atoms with van der Waals surface area (Å²) in [7, 11) is 0. The molecule has 94 valence electrons. The first-order chi connectivity index (χ1) is 8.70. The van der Waals surface area contributed by atoms with E-state index in [0.29, 0.717) is 11.8 Å². The highest BCUT2D eigenvalue weighted by atomic mass is 35.5. The Morgan fingerprint density at radius 3 is 2.44 bits per heavy atom. The molecule has 0 spiro atoms. The Hall–Kier alpha value is -1.68. The molecule has 0 amide bonds. The summed E-state index contributed by atoms with van der Waals surface area (Å²) in [5.41, 5.74) is 2.81. The first-order valence-electron chi connectivity index (χ1n) is 5.76. The van der Waals surface area contributed by atoms with E-state index in [1.165, 1.54) is 0 Å². The molecule has 0 saturated carbocycles. The van der Waals surface area contributed by atoms with E-state index in [9.17, 15) is 0 Å². The van der Waals surface area contributed by atoms with E-state index in [1.807, 2.05) is 44.2 Å². The van der Waals surface area contributed by atoms with E-state index in [-0.39, 0.29) is 6.04 Å². The van der Waals surface area contributed by atoms with Crippen LogP contribution in [0.5, 0.6) is 0 Å². The topological polar surface area (TPSA) is 50.7 Å². The summed E-state index contributed by atoms with van der Waals surface area (Å²) in [5.74, 6) is 0.952. The molecule has 0 saturated heterocycles. The number of nitrogens with one attached hydrogen (secondary N) is 1. The highest BCUT2D eigenvalue weighted by Crippen LogP contribution is 2.18. The van der Waals surface area contributed by atoms with Crippen molar-refractivity contribution in [3.63, 3.8) is 0 Å². The zero-order valence-electron chi connectivity index (χ0n) is 10.4. The van der Waals surface area contributed by atoms with Crippen molar-refractivity contribution >= 4 is 17.5 Å². The summed E-state index contributed by atoms with van der Waals surface area (Å²) in [5, 5.41) is 11.3. The number of aromatic nitrogens is 3. The third-order valence-corrected chi connectivity index (χ3v) is 3.06. The Bertz CT molecular complexity index is 516. The van der Waals surface area contributed by atoms with Crippen LogP contribution < -0.4 is 5.32 Å². The molecule has 2 rings (SSSR count). The van der Waals surface area contributed by atoms with E-state index in [4.69, 9.17) is 11.6 Å². The van der Waals surface area contributed by atoms with Crippen LogP contribution in [0.2, 0.25) is 0 Å². The van der Waals surface area contributed by atoms with Crippen molar-refractivity contribution in [2.45, 2.75) is 19.9 Å². The summed E-state index contributed by atoms with van der Waals surface area (Å²) in [6, 6.07) is 9.97. The average Bonchev–Trinajstić information content (AvgIpc) is 2.41. The molecule has 1 heterocycles. The van der Waals surface area contributed by atoms with Gasteiger partial charge in [-0.2, -0.15) is 5.10 Å². The van der Waals surface area contributed by atoms with Crippen molar-refractivity contribution in [1.82, 2.24) is 15.2 Å². The van der Waals surface area contributed by atoms with Crippen LogP contribution in [-0.4, -0.2) is 21.1 Å². The van der Waals surface area contributed by atoms with Gasteiger partial charge in [0.2, 0.25) is 5.95 Å². The van der Waals surface area contributed by atoms with Gasteiger partial charge < -0.3 is 5.32 Å². The minimum absolute atomic E-state index is 0.0169. The molecule has 1 N–H and O–H groups in total. The second kappa shape index (κ2) is 5.78. The molecule has 0 radical (unpaired) electrons. The van der Waals surface area contributed by atoms with Gasteiger partial charge in [-0.1, -0.05) is 30.3 Å². The lowest BCUT2D eigenvalue weighted by Gasteiger charge is -2.16. The first kappa shape index (κ1) is 12.8. The number of rotatable bonds is 4. The molecule has 18 heavy (non-hydrogen) atoms. The highest BCUT2D eigenvalue weighted by Gasteiger charge is 2.11. The molecule has 0 fully saturated rings. The SMILES string of the molecule is Cc1nnc(NC(CCl)c2ccccc2)nc1C. The fourth-order valence-corrected chi connectivity index (χ4v) is 1.83. The molecule has 1 atom stereocenters. The molecule has 4 nitrogen and oxygen atoms in total. The largest absolute Gasteiger partial charge is 0.345 e. The van der Waals surface area contributed by atoms with Gasteiger partial charge in [-0.25, -0.2) is 4.98 Å². The normalized spacial score (nSPS) is 12.2. The van der Waals surface area contributed by atoms with Crippen molar-refractivity contribution in [3.8, 4) is 0 Å². The molecule has 1 unspecified atom stereocenters. The van der Waals surface area contributed by atoms with Gasteiger partial charge in [-0.3, -0.25) is 0 Å². The van der Waals surface area contributed by atoms with E-state index in [1.54, 1.807) is 0 Å². The van der Waals surface area contributed by atoms with Gasteiger partial charge in [0, 0.05) is 5.88 Å². The van der Waals surface area contributed by atoms with Crippen LogP contribution in [0.25, 0.3) is 0 Å². The van der Waals surface area contributed by atoms with Crippen molar-refractivity contribution in [3.05, 3.63) is 47.3 Å². The fourth-order valence-electron chi connectivity index (χ4n) is 1.57. The number of hydrogen-bond donors (Lipinski definition) is 1. The number of benzene rings is 1. The van der Waals surface area contributed by atoms with Crippen LogP contribution in [0.3, 0.4) is 0 Å². The molecule has 2 aromatic rings. The average molecular weight is 263 g/mol. The Labute approximate surface area is 111 Å². The first-order valence-corrected chi connectivity index (χ1v) is 6.29. The minimum atomic E-state index is -0.0169. The summed E-state index contributed by atoms with van der Waals surface area (Å²) < 4.78 is 0. The van der Waals surface area contributed by atoms with Gasteiger partial charge in [0.15, 0.2) is 0 Å². The van der Waals surface area contributed by atoms with Crippen molar-refractivity contribution in [2.24, 2.45) is 0 Å². The Kier molecular flexibility index (Phi) is 4.10. The summed E-state index contributed by atoms with van der Waals surface area (Å²) in [6.07, 6.45) is 0. The maximum absolute atomic E-state index is 5.98. The summed E-state index contributed by atoms with van der Waals surface area (Å²) in [4.78, 5) is 4.34. The fraction of sp³-hybridized carbons (Fsp3) is 0.308. The lowest BCUT2D eigenvalue weighted by atomic mass is 10.1. The molecule has 0 aliphatic carbocycles. The standard InChI is InChI=1S/C13H15ClN4/c1-9-10(2)17-18-13(15-9)16-12(8-14)11-6-4-3-5-7-11/h3-7,12H,8H2,1-2H3,(H,15,16,18). The predicted octanol–water partition coefficient (Wildman–Crippen LogP) is 2.88. The van der Waals surface area contributed by atoms with Gasteiger partial charge in [0.05, 0.1) is 17.4 Å². The van der Waals surface area contributed by atoms with Crippen LogP contribution in [0.15, 0.2) is 30.3 Å². The van der Waals surface area contributed by atoms with Gasteiger partial charge in [-0.15, -0.1) is 16.7 Å². The predicted molar refractivity (Wildman–Crippen MR) is 72.8 cm³/mol. The quantitative estimate of drug-likeness (QED) is 0.861. The third-order valence-electron chi connectivity index (χ3n) is 2.75. The highest BCUT2D eigenvalue weighted by molar-refractivity contribution is 6.18. The van der Waals surface area contributed by atoms with Gasteiger partial charge in [-0.05, 0) is 19.4 Å². The zero-order chi connectivity index (χ0) is 13.0. The maximum Gasteiger partial charge on any atom is 0.243 e. The van der Waals surface area contributed by atoms with E-state index in [0.717, 1.165) is 17.0 Å². The molecule has 0 aliphatic heterocycles. The number of anilines is 1. The van der Waals surface area contributed by atoms with Crippen LogP contribution in [0, 0.1) is 13.8 Å². The molecule has 5 heteroatoms. The van der Waals surface area contributed by atoms with Crippen LogP contribution in [0.1, 0.15) is 23.0 Å². The number of nitrogens with zero attached hydrogens (tertiary/aromatic N) is 3. The molecule has 1 aromatic carbocycles. The number of aryl methyl sites for hydroxylation is 2. The van der Waals surface area contributed by atoms with Crippen molar-refractivity contribution in [1.29, 1.82) is 0 Å². The molecular formula is C13H15ClN4. The Morgan fingerprint density at radius 1 is 1.11 bits per heavy atom. The van der Waals surface area contributed by atoms with Crippen molar-refractivity contribution in [2.75, 3.05) is 11.2 Å². The maximum atomic E-state index is 5.98. The second-order valence-electron chi connectivity index (χ2n) is 4.07. The van der Waals surface area contributed by atoms with Crippen LogP contribution in [0.4, 0.5) is 5.95 Å². The van der Waals surface area contributed by atoms with E-state index < -0.39 is 0 Å². The molecule has 1 aromatic heterocycles. The summed E-state index contributed by atoms with van der Waals surface area (Å²) in [6.45, 7) is 3.79. The van der Waals surface area contributed by atoms with E-state index >= 15 is 0 Å². The number of halogens is 1. The molecule has 0 bridgehead atoms. The van der Waals surface area contributed by atoms with E-state index in [2.05, 4.69) is 20.5 Å². The third kappa shape index (κ3) is 2.96. The minimum Gasteiger partial charge on any atom is -0.345 e. The Balaban J connectivity index is 2.18. The monoisotopic (exact) mass is 262 g/mol. The smallest absolute Gasteiger partial charge is 0.243 e. The number of alkyl halides is 1. The second-order valence-corrected chi connectivity index (χ2v) is 4.38. The zero-order valence-corrected chi connectivity index (χ0v) is 11.1. The van der Waals surface area contributed by atoms with Crippen LogP contribution >= 0.6 is 11.6 Å². The van der Waals surface area contributed by atoms with Crippen molar-refractivity contribution < 1.29 is 0 Å². The Morgan fingerprint density at radius 2 is 1.83 bits per heavy atom. The molecular weight excluding hydrogens is 248 g/mol. The van der Waals surface area contributed by atoms with Gasteiger partial charge >= 0.3 is 0 Å². The lowest BCUT2D eigenvalue weighted by Crippen LogP contribution is -2.15. The number of hydrogen-bond acceptors (Lipinski definition) is 4. The van der Waals surface area contributed by atoms with Gasteiger partial charge in [0.1, 0.15) is 0 Å². The summed E-state index contributed by atoms with van der Waals surface area (Å²) >= 11 is 5.98. The molecule has 0 aliphatic rings. The lowest BCUT2D eigenvalue weighted by molar-refractivity contribution is 0.825. The van der Waals surface area contributed by atoms with Crippen LogP contribution in [-0.2, 0) is 0 Å². The van der Waals surface area contributed by atoms with Gasteiger partial charge in [0.25, 0.3) is 0 Å².